The number of piperidine rings is 1. The number of hydrogen-bond acceptors (Lipinski definition) is 3. The summed E-state index contributed by atoms with van der Waals surface area (Å²) in [7, 11) is 0. The first kappa shape index (κ1) is 12.8. The lowest BCUT2D eigenvalue weighted by Gasteiger charge is -2.48. The molecule has 0 aliphatic carbocycles. The largest absolute Gasteiger partial charge is 0.336 e. The molecule has 0 radical (unpaired) electrons. The van der Waals surface area contributed by atoms with E-state index in [-0.39, 0.29) is 11.9 Å². The van der Waals surface area contributed by atoms with Gasteiger partial charge in [-0.3, -0.25) is 9.69 Å². The van der Waals surface area contributed by atoms with Crippen molar-refractivity contribution >= 4 is 5.91 Å². The molecule has 2 rings (SSSR count). The lowest BCUT2D eigenvalue weighted by atomic mass is 9.96. The van der Waals surface area contributed by atoms with Crippen molar-refractivity contribution in [2.24, 2.45) is 5.73 Å². The third-order valence-corrected chi connectivity index (χ3v) is 4.23. The smallest absolute Gasteiger partial charge is 0.239 e. The van der Waals surface area contributed by atoms with Crippen molar-refractivity contribution in [3.63, 3.8) is 0 Å². The second-order valence-corrected chi connectivity index (χ2v) is 5.50. The highest BCUT2D eigenvalue weighted by Crippen LogP contribution is 2.24. The maximum absolute atomic E-state index is 12.2. The Labute approximate surface area is 104 Å². The van der Waals surface area contributed by atoms with Crippen LogP contribution in [0.25, 0.3) is 0 Å². The van der Waals surface area contributed by atoms with E-state index < -0.39 is 0 Å². The molecule has 2 fully saturated rings. The third-order valence-electron chi connectivity index (χ3n) is 4.23. The SMILES string of the molecule is CCC(N)C(=O)N1CC2CCCCN2CC1C. The van der Waals surface area contributed by atoms with Gasteiger partial charge < -0.3 is 10.6 Å². The minimum absolute atomic E-state index is 0.144. The Morgan fingerprint density at radius 3 is 2.88 bits per heavy atom. The number of carbonyl (C=O) groups is 1. The number of piperazine rings is 1. The maximum Gasteiger partial charge on any atom is 0.239 e. The molecule has 2 saturated heterocycles. The zero-order valence-electron chi connectivity index (χ0n) is 11.1. The summed E-state index contributed by atoms with van der Waals surface area (Å²) in [6, 6.07) is 0.579. The van der Waals surface area contributed by atoms with Gasteiger partial charge in [-0.05, 0) is 32.7 Å². The summed E-state index contributed by atoms with van der Waals surface area (Å²) in [6.45, 7) is 7.23. The second-order valence-electron chi connectivity index (χ2n) is 5.50. The van der Waals surface area contributed by atoms with Crippen molar-refractivity contribution < 1.29 is 4.79 Å². The molecule has 0 aromatic heterocycles. The Kier molecular flexibility index (Phi) is 4.05. The quantitative estimate of drug-likeness (QED) is 0.776. The first-order valence-corrected chi connectivity index (χ1v) is 6.93. The van der Waals surface area contributed by atoms with Crippen LogP contribution in [-0.4, -0.2) is 53.5 Å². The highest BCUT2D eigenvalue weighted by Gasteiger charge is 2.36. The van der Waals surface area contributed by atoms with Crippen LogP contribution < -0.4 is 5.73 Å². The Hall–Kier alpha value is -0.610. The first-order valence-electron chi connectivity index (χ1n) is 6.93. The maximum atomic E-state index is 12.2. The lowest BCUT2D eigenvalue weighted by molar-refractivity contribution is -0.139. The average molecular weight is 239 g/mol. The molecular weight excluding hydrogens is 214 g/mol. The van der Waals surface area contributed by atoms with E-state index in [1.165, 1.54) is 25.8 Å². The van der Waals surface area contributed by atoms with Crippen LogP contribution in [-0.2, 0) is 4.79 Å². The van der Waals surface area contributed by atoms with Gasteiger partial charge in [-0.2, -0.15) is 0 Å². The molecule has 0 aromatic rings. The molecule has 1 amide bonds. The van der Waals surface area contributed by atoms with E-state index in [9.17, 15) is 4.79 Å². The van der Waals surface area contributed by atoms with Gasteiger partial charge in [-0.25, -0.2) is 0 Å². The molecular formula is C13H25N3O. The van der Waals surface area contributed by atoms with Crippen LogP contribution in [0.5, 0.6) is 0 Å². The Morgan fingerprint density at radius 1 is 1.41 bits per heavy atom. The van der Waals surface area contributed by atoms with Gasteiger partial charge in [-0.15, -0.1) is 0 Å². The molecule has 2 heterocycles. The summed E-state index contributed by atoms with van der Waals surface area (Å²) >= 11 is 0. The molecule has 0 aromatic carbocycles. The van der Waals surface area contributed by atoms with E-state index in [1.54, 1.807) is 0 Å². The minimum atomic E-state index is -0.312. The van der Waals surface area contributed by atoms with Crippen LogP contribution in [0.2, 0.25) is 0 Å². The fourth-order valence-electron chi connectivity index (χ4n) is 3.05. The minimum Gasteiger partial charge on any atom is -0.336 e. The Bertz CT molecular complexity index is 282. The summed E-state index contributed by atoms with van der Waals surface area (Å²) < 4.78 is 0. The van der Waals surface area contributed by atoms with Gasteiger partial charge in [0.1, 0.15) is 0 Å². The van der Waals surface area contributed by atoms with Crippen LogP contribution in [0, 0.1) is 0 Å². The van der Waals surface area contributed by atoms with Gasteiger partial charge in [-0.1, -0.05) is 13.3 Å². The van der Waals surface area contributed by atoms with E-state index in [2.05, 4.69) is 11.8 Å². The van der Waals surface area contributed by atoms with Crippen molar-refractivity contribution in [2.75, 3.05) is 19.6 Å². The fraction of sp³-hybridized carbons (Fsp3) is 0.923. The molecule has 0 saturated carbocycles. The normalized spacial score (nSPS) is 32.1. The van der Waals surface area contributed by atoms with Gasteiger partial charge in [0.25, 0.3) is 0 Å². The van der Waals surface area contributed by atoms with Crippen LogP contribution in [0.15, 0.2) is 0 Å². The molecule has 17 heavy (non-hydrogen) atoms. The van der Waals surface area contributed by atoms with Gasteiger partial charge in [0.2, 0.25) is 5.91 Å². The van der Waals surface area contributed by atoms with Gasteiger partial charge in [0, 0.05) is 25.2 Å². The molecule has 2 aliphatic rings. The monoisotopic (exact) mass is 239 g/mol. The second kappa shape index (κ2) is 5.36. The van der Waals surface area contributed by atoms with Crippen molar-refractivity contribution in [1.29, 1.82) is 0 Å². The summed E-state index contributed by atoms with van der Waals surface area (Å²) in [5, 5.41) is 0. The van der Waals surface area contributed by atoms with Gasteiger partial charge in [0.15, 0.2) is 0 Å². The summed E-state index contributed by atoms with van der Waals surface area (Å²) in [4.78, 5) is 16.8. The number of carbonyl (C=O) groups excluding carboxylic acids is 1. The fourth-order valence-corrected chi connectivity index (χ4v) is 3.05. The average Bonchev–Trinajstić information content (AvgIpc) is 2.36. The van der Waals surface area contributed by atoms with Crippen molar-refractivity contribution in [2.45, 2.75) is 57.7 Å². The third kappa shape index (κ3) is 2.63. The van der Waals surface area contributed by atoms with Gasteiger partial charge >= 0.3 is 0 Å². The predicted octanol–water partition coefficient (Wildman–Crippen LogP) is 0.809. The molecule has 98 valence electrons. The molecule has 2 aliphatic heterocycles. The van der Waals surface area contributed by atoms with E-state index in [1.807, 2.05) is 11.8 Å². The van der Waals surface area contributed by atoms with Crippen LogP contribution in [0.3, 0.4) is 0 Å². The van der Waals surface area contributed by atoms with Crippen LogP contribution in [0.1, 0.15) is 39.5 Å². The summed E-state index contributed by atoms with van der Waals surface area (Å²) in [6.07, 6.45) is 4.58. The van der Waals surface area contributed by atoms with E-state index in [0.717, 1.165) is 19.5 Å². The molecule has 3 atom stereocenters. The van der Waals surface area contributed by atoms with E-state index in [4.69, 9.17) is 5.73 Å². The van der Waals surface area contributed by atoms with Crippen LogP contribution in [0.4, 0.5) is 0 Å². The van der Waals surface area contributed by atoms with Crippen molar-refractivity contribution in [3.8, 4) is 0 Å². The molecule has 2 N–H and O–H groups in total. The topological polar surface area (TPSA) is 49.6 Å². The number of nitrogens with two attached hydrogens (primary N) is 1. The first-order chi connectivity index (χ1) is 8.13. The molecule has 0 spiro atoms. The molecule has 3 unspecified atom stereocenters. The lowest BCUT2D eigenvalue weighted by Crippen LogP contribution is -2.62. The number of nitrogens with zero attached hydrogens (tertiary/aromatic N) is 2. The van der Waals surface area contributed by atoms with E-state index in [0.29, 0.717) is 12.1 Å². The molecule has 0 bridgehead atoms. The Balaban J connectivity index is 2.01. The predicted molar refractivity (Wildman–Crippen MR) is 68.7 cm³/mol. The highest BCUT2D eigenvalue weighted by atomic mass is 16.2. The zero-order chi connectivity index (χ0) is 12.4. The number of fused-ring (bicyclic) bond motifs is 1. The molecule has 4 heteroatoms. The van der Waals surface area contributed by atoms with Gasteiger partial charge in [0.05, 0.1) is 6.04 Å². The van der Waals surface area contributed by atoms with Crippen molar-refractivity contribution in [3.05, 3.63) is 0 Å². The number of amides is 1. The zero-order valence-corrected chi connectivity index (χ0v) is 11.1. The summed E-state index contributed by atoms with van der Waals surface area (Å²) in [5.74, 6) is 0.144. The summed E-state index contributed by atoms with van der Waals surface area (Å²) in [5.41, 5.74) is 5.87. The number of rotatable bonds is 2. The molecule has 4 nitrogen and oxygen atoms in total. The standard InChI is InChI=1S/C13H25N3O/c1-3-12(14)13(17)16-9-11-6-4-5-7-15(11)8-10(16)2/h10-12H,3-9,14H2,1-2H3. The number of hydrogen-bond donors (Lipinski definition) is 1. The van der Waals surface area contributed by atoms with Crippen molar-refractivity contribution in [1.82, 2.24) is 9.80 Å². The van der Waals surface area contributed by atoms with Crippen LogP contribution >= 0.6 is 0 Å². The van der Waals surface area contributed by atoms with E-state index >= 15 is 0 Å². The Morgan fingerprint density at radius 2 is 2.18 bits per heavy atom. The highest BCUT2D eigenvalue weighted by molar-refractivity contribution is 5.82.